The van der Waals surface area contributed by atoms with E-state index in [1.54, 1.807) is 11.8 Å². The van der Waals surface area contributed by atoms with Gasteiger partial charge in [-0.1, -0.05) is 0 Å². The zero-order valence-corrected chi connectivity index (χ0v) is 13.9. The molecule has 0 saturated carbocycles. The summed E-state index contributed by atoms with van der Waals surface area (Å²) in [5.41, 5.74) is 2.64. The van der Waals surface area contributed by atoms with Gasteiger partial charge < -0.3 is 9.32 Å². The van der Waals surface area contributed by atoms with Crippen LogP contribution in [0.3, 0.4) is 0 Å². The van der Waals surface area contributed by atoms with Crippen molar-refractivity contribution in [1.29, 1.82) is 0 Å². The Morgan fingerprint density at radius 1 is 1.30 bits per heavy atom. The Kier molecular flexibility index (Phi) is 3.95. The van der Waals surface area contributed by atoms with E-state index in [0.29, 0.717) is 11.1 Å². The number of hydrogen-bond donors (Lipinski definition) is 0. The SMILES string of the molecule is O=C(c1cscn1)N1CCC2(CCN(Cc3ccco3)CC2)C1. The molecule has 0 bridgehead atoms. The predicted molar refractivity (Wildman–Crippen MR) is 88.3 cm³/mol. The first-order valence-electron chi connectivity index (χ1n) is 8.16. The average Bonchev–Trinajstić information content (AvgIpc) is 3.31. The zero-order valence-electron chi connectivity index (χ0n) is 13.1. The Morgan fingerprint density at radius 2 is 2.13 bits per heavy atom. The summed E-state index contributed by atoms with van der Waals surface area (Å²) in [6.07, 6.45) is 5.18. The number of hydrogen-bond acceptors (Lipinski definition) is 5. The summed E-state index contributed by atoms with van der Waals surface area (Å²) in [5.74, 6) is 1.13. The number of carbonyl (C=O) groups excluding carboxylic acids is 1. The van der Waals surface area contributed by atoms with Crippen LogP contribution in [0.5, 0.6) is 0 Å². The van der Waals surface area contributed by atoms with Crippen LogP contribution < -0.4 is 0 Å². The van der Waals surface area contributed by atoms with E-state index in [0.717, 1.165) is 57.7 Å². The van der Waals surface area contributed by atoms with E-state index >= 15 is 0 Å². The number of amides is 1. The molecule has 2 aliphatic rings. The van der Waals surface area contributed by atoms with Crippen molar-refractivity contribution in [1.82, 2.24) is 14.8 Å². The van der Waals surface area contributed by atoms with E-state index in [9.17, 15) is 4.79 Å². The van der Waals surface area contributed by atoms with Crippen LogP contribution in [0.15, 0.2) is 33.7 Å². The predicted octanol–water partition coefficient (Wildman–Crippen LogP) is 2.86. The molecule has 23 heavy (non-hydrogen) atoms. The highest BCUT2D eigenvalue weighted by Crippen LogP contribution is 2.41. The number of furan rings is 1. The molecule has 4 heterocycles. The van der Waals surface area contributed by atoms with Crippen LogP contribution in [-0.4, -0.2) is 46.9 Å². The topological polar surface area (TPSA) is 49.6 Å². The maximum absolute atomic E-state index is 12.5. The van der Waals surface area contributed by atoms with Crippen molar-refractivity contribution in [2.45, 2.75) is 25.8 Å². The van der Waals surface area contributed by atoms with Gasteiger partial charge in [-0.25, -0.2) is 4.98 Å². The van der Waals surface area contributed by atoms with Crippen molar-refractivity contribution >= 4 is 17.2 Å². The lowest BCUT2D eigenvalue weighted by Gasteiger charge is -2.38. The number of likely N-dealkylation sites (tertiary alicyclic amines) is 2. The van der Waals surface area contributed by atoms with Crippen molar-refractivity contribution in [2.24, 2.45) is 5.41 Å². The second-order valence-electron chi connectivity index (χ2n) is 6.71. The standard InChI is InChI=1S/C17H21N3O2S/c21-16(15-11-23-13-18-15)20-8-5-17(12-20)3-6-19(7-4-17)10-14-2-1-9-22-14/h1-2,9,11,13H,3-8,10,12H2. The van der Waals surface area contributed by atoms with Crippen LogP contribution >= 0.6 is 11.3 Å². The molecule has 6 heteroatoms. The molecule has 0 N–H and O–H groups in total. The summed E-state index contributed by atoms with van der Waals surface area (Å²) >= 11 is 1.48. The van der Waals surface area contributed by atoms with Gasteiger partial charge in [-0.05, 0) is 49.9 Å². The highest BCUT2D eigenvalue weighted by Gasteiger charge is 2.42. The van der Waals surface area contributed by atoms with Crippen LogP contribution in [0.2, 0.25) is 0 Å². The number of thiazole rings is 1. The minimum absolute atomic E-state index is 0.0983. The first-order chi connectivity index (χ1) is 11.2. The van der Waals surface area contributed by atoms with Crippen molar-refractivity contribution in [3.05, 3.63) is 40.7 Å². The molecular formula is C17H21N3O2S. The fourth-order valence-corrected chi connectivity index (χ4v) is 4.33. The summed E-state index contributed by atoms with van der Waals surface area (Å²) in [5, 5.41) is 1.85. The minimum Gasteiger partial charge on any atom is -0.468 e. The van der Waals surface area contributed by atoms with Gasteiger partial charge in [-0.3, -0.25) is 9.69 Å². The third kappa shape index (κ3) is 3.05. The Labute approximate surface area is 139 Å². The van der Waals surface area contributed by atoms with Gasteiger partial charge in [0.1, 0.15) is 11.5 Å². The number of aromatic nitrogens is 1. The molecule has 1 spiro atoms. The highest BCUT2D eigenvalue weighted by molar-refractivity contribution is 7.07. The molecule has 2 saturated heterocycles. The Morgan fingerprint density at radius 3 is 2.83 bits per heavy atom. The molecule has 0 atom stereocenters. The van der Waals surface area contributed by atoms with Crippen molar-refractivity contribution in [3.8, 4) is 0 Å². The lowest BCUT2D eigenvalue weighted by molar-refractivity contribution is 0.0702. The quantitative estimate of drug-likeness (QED) is 0.868. The first kappa shape index (κ1) is 14.9. The van der Waals surface area contributed by atoms with Crippen molar-refractivity contribution < 1.29 is 9.21 Å². The van der Waals surface area contributed by atoms with E-state index in [2.05, 4.69) is 9.88 Å². The Balaban J connectivity index is 1.34. The van der Waals surface area contributed by atoms with Crippen LogP contribution in [-0.2, 0) is 6.54 Å². The first-order valence-corrected chi connectivity index (χ1v) is 9.11. The Hall–Kier alpha value is -1.66. The molecule has 5 nitrogen and oxygen atoms in total. The molecule has 0 unspecified atom stereocenters. The van der Waals surface area contributed by atoms with Gasteiger partial charge in [0.25, 0.3) is 5.91 Å². The molecular weight excluding hydrogens is 310 g/mol. The summed E-state index contributed by atoms with van der Waals surface area (Å²) in [6, 6.07) is 3.98. The summed E-state index contributed by atoms with van der Waals surface area (Å²) in [4.78, 5) is 21.1. The van der Waals surface area contributed by atoms with Crippen LogP contribution in [0, 0.1) is 5.41 Å². The van der Waals surface area contributed by atoms with E-state index in [-0.39, 0.29) is 5.91 Å². The summed E-state index contributed by atoms with van der Waals surface area (Å²) in [6.45, 7) is 4.82. The third-order valence-electron chi connectivity index (χ3n) is 5.25. The number of nitrogens with zero attached hydrogens (tertiary/aromatic N) is 3. The van der Waals surface area contributed by atoms with Gasteiger partial charge in [-0.2, -0.15) is 0 Å². The fourth-order valence-electron chi connectivity index (χ4n) is 3.81. The lowest BCUT2D eigenvalue weighted by atomic mass is 9.78. The lowest BCUT2D eigenvalue weighted by Crippen LogP contribution is -2.41. The van der Waals surface area contributed by atoms with Gasteiger partial charge in [0.15, 0.2) is 0 Å². The van der Waals surface area contributed by atoms with Crippen molar-refractivity contribution in [2.75, 3.05) is 26.2 Å². The molecule has 122 valence electrons. The van der Waals surface area contributed by atoms with Gasteiger partial charge in [0.05, 0.1) is 18.3 Å². The van der Waals surface area contributed by atoms with E-state index in [1.165, 1.54) is 11.3 Å². The zero-order chi connectivity index (χ0) is 15.7. The van der Waals surface area contributed by atoms with Crippen molar-refractivity contribution in [3.63, 3.8) is 0 Å². The van der Waals surface area contributed by atoms with E-state index in [4.69, 9.17) is 4.42 Å². The second kappa shape index (κ2) is 6.09. The fraction of sp³-hybridized carbons (Fsp3) is 0.529. The van der Waals surface area contributed by atoms with Crippen LogP contribution in [0.25, 0.3) is 0 Å². The molecule has 1 amide bonds. The van der Waals surface area contributed by atoms with Crippen LogP contribution in [0.4, 0.5) is 0 Å². The molecule has 0 aromatic carbocycles. The van der Waals surface area contributed by atoms with Gasteiger partial charge >= 0.3 is 0 Å². The molecule has 2 aromatic heterocycles. The molecule has 2 aromatic rings. The van der Waals surface area contributed by atoms with Gasteiger partial charge in [0.2, 0.25) is 0 Å². The largest absolute Gasteiger partial charge is 0.468 e. The maximum atomic E-state index is 12.5. The van der Waals surface area contributed by atoms with Gasteiger partial charge in [0, 0.05) is 18.5 Å². The van der Waals surface area contributed by atoms with Gasteiger partial charge in [-0.15, -0.1) is 11.3 Å². The maximum Gasteiger partial charge on any atom is 0.273 e. The van der Waals surface area contributed by atoms with E-state index in [1.807, 2.05) is 22.4 Å². The number of piperidine rings is 1. The number of rotatable bonds is 3. The monoisotopic (exact) mass is 331 g/mol. The average molecular weight is 331 g/mol. The number of carbonyl (C=O) groups is 1. The normalized spacial score (nSPS) is 21.1. The molecule has 2 aliphatic heterocycles. The minimum atomic E-state index is 0.0983. The molecule has 0 radical (unpaired) electrons. The smallest absolute Gasteiger partial charge is 0.273 e. The highest BCUT2D eigenvalue weighted by atomic mass is 32.1. The second-order valence-corrected chi connectivity index (χ2v) is 7.42. The Bertz CT molecular complexity index is 645. The summed E-state index contributed by atoms with van der Waals surface area (Å²) < 4.78 is 5.44. The summed E-state index contributed by atoms with van der Waals surface area (Å²) in [7, 11) is 0. The van der Waals surface area contributed by atoms with Crippen LogP contribution in [0.1, 0.15) is 35.5 Å². The third-order valence-corrected chi connectivity index (χ3v) is 5.84. The molecule has 0 aliphatic carbocycles. The van der Waals surface area contributed by atoms with E-state index < -0.39 is 0 Å². The molecule has 2 fully saturated rings. The molecule has 4 rings (SSSR count).